The SMILES string of the molecule is CCC[C@@H]1OCC[C@]2(CCOC(C)(C)C2)O1. The number of ether oxygens (including phenoxy) is 3. The highest BCUT2D eigenvalue weighted by atomic mass is 16.7. The Balaban J connectivity index is 2.00. The van der Waals surface area contributed by atoms with E-state index in [0.29, 0.717) is 0 Å². The van der Waals surface area contributed by atoms with Crippen LogP contribution in [0.25, 0.3) is 0 Å². The van der Waals surface area contributed by atoms with Gasteiger partial charge in [0.1, 0.15) is 0 Å². The van der Waals surface area contributed by atoms with Gasteiger partial charge in [0.15, 0.2) is 6.29 Å². The standard InChI is InChI=1S/C13H24O3/c1-4-5-11-14-8-6-13(16-11)7-9-15-12(2,3)10-13/h11H,4-10H2,1-3H3/t11-,13-/m1/s1. The summed E-state index contributed by atoms with van der Waals surface area (Å²) in [4.78, 5) is 0. The van der Waals surface area contributed by atoms with Crippen molar-refractivity contribution in [2.24, 2.45) is 0 Å². The maximum Gasteiger partial charge on any atom is 0.158 e. The molecule has 0 bridgehead atoms. The summed E-state index contributed by atoms with van der Waals surface area (Å²) in [5.74, 6) is 0. The van der Waals surface area contributed by atoms with Crippen molar-refractivity contribution in [3.05, 3.63) is 0 Å². The molecule has 2 saturated heterocycles. The topological polar surface area (TPSA) is 27.7 Å². The Labute approximate surface area is 98.4 Å². The lowest BCUT2D eigenvalue weighted by Gasteiger charge is -2.48. The van der Waals surface area contributed by atoms with Gasteiger partial charge in [0.2, 0.25) is 0 Å². The Morgan fingerprint density at radius 3 is 2.62 bits per heavy atom. The molecule has 3 nitrogen and oxygen atoms in total. The molecule has 94 valence electrons. The van der Waals surface area contributed by atoms with Crippen molar-refractivity contribution in [2.75, 3.05) is 13.2 Å². The maximum absolute atomic E-state index is 6.19. The molecule has 1 spiro atoms. The Hall–Kier alpha value is -0.120. The molecule has 0 aliphatic carbocycles. The van der Waals surface area contributed by atoms with Crippen LogP contribution in [0.15, 0.2) is 0 Å². The van der Waals surface area contributed by atoms with Crippen LogP contribution in [0.2, 0.25) is 0 Å². The highest BCUT2D eigenvalue weighted by Crippen LogP contribution is 2.40. The fourth-order valence-corrected chi connectivity index (χ4v) is 2.87. The number of rotatable bonds is 2. The summed E-state index contributed by atoms with van der Waals surface area (Å²) in [5.41, 5.74) is -0.0355. The van der Waals surface area contributed by atoms with E-state index in [-0.39, 0.29) is 17.5 Å². The van der Waals surface area contributed by atoms with Gasteiger partial charge < -0.3 is 14.2 Å². The average Bonchev–Trinajstić information content (AvgIpc) is 2.16. The van der Waals surface area contributed by atoms with Crippen molar-refractivity contribution in [2.45, 2.75) is 70.4 Å². The summed E-state index contributed by atoms with van der Waals surface area (Å²) in [7, 11) is 0. The first-order valence-corrected chi connectivity index (χ1v) is 6.49. The Kier molecular flexibility index (Phi) is 3.57. The fourth-order valence-electron chi connectivity index (χ4n) is 2.87. The predicted molar refractivity (Wildman–Crippen MR) is 62.3 cm³/mol. The summed E-state index contributed by atoms with van der Waals surface area (Å²) in [6.07, 6.45) is 5.14. The lowest BCUT2D eigenvalue weighted by Crippen LogP contribution is -2.52. The molecule has 0 N–H and O–H groups in total. The van der Waals surface area contributed by atoms with E-state index in [1.807, 2.05) is 0 Å². The highest BCUT2D eigenvalue weighted by molar-refractivity contribution is 4.93. The predicted octanol–water partition coefficient (Wildman–Crippen LogP) is 2.88. The highest BCUT2D eigenvalue weighted by Gasteiger charge is 2.45. The van der Waals surface area contributed by atoms with Gasteiger partial charge in [-0.15, -0.1) is 0 Å². The average molecular weight is 228 g/mol. The van der Waals surface area contributed by atoms with Gasteiger partial charge in [-0.3, -0.25) is 0 Å². The zero-order chi connectivity index (χ0) is 11.6. The normalized spacial score (nSPS) is 38.8. The monoisotopic (exact) mass is 228 g/mol. The second-order valence-corrected chi connectivity index (χ2v) is 5.67. The minimum absolute atomic E-state index is 0.00708. The van der Waals surface area contributed by atoms with Crippen LogP contribution >= 0.6 is 0 Å². The Bertz CT molecular complexity index is 233. The molecule has 3 heteroatoms. The van der Waals surface area contributed by atoms with Crippen LogP contribution in [-0.4, -0.2) is 30.7 Å². The van der Waals surface area contributed by atoms with Crippen molar-refractivity contribution >= 4 is 0 Å². The summed E-state index contributed by atoms with van der Waals surface area (Å²) in [6.45, 7) is 8.12. The second kappa shape index (κ2) is 4.63. The molecule has 0 radical (unpaired) electrons. The third-order valence-electron chi connectivity index (χ3n) is 3.57. The zero-order valence-electron chi connectivity index (χ0n) is 10.8. The van der Waals surface area contributed by atoms with E-state index >= 15 is 0 Å². The van der Waals surface area contributed by atoms with Crippen molar-refractivity contribution in [3.8, 4) is 0 Å². The van der Waals surface area contributed by atoms with Crippen molar-refractivity contribution < 1.29 is 14.2 Å². The number of hydrogen-bond donors (Lipinski definition) is 0. The molecule has 2 heterocycles. The van der Waals surface area contributed by atoms with E-state index in [0.717, 1.165) is 45.3 Å². The van der Waals surface area contributed by atoms with E-state index < -0.39 is 0 Å². The van der Waals surface area contributed by atoms with Crippen LogP contribution in [0.4, 0.5) is 0 Å². The minimum atomic E-state index is -0.0493. The van der Waals surface area contributed by atoms with Gasteiger partial charge in [-0.25, -0.2) is 0 Å². The third kappa shape index (κ3) is 2.76. The first-order chi connectivity index (χ1) is 7.55. The molecule has 0 aromatic rings. The van der Waals surface area contributed by atoms with Gasteiger partial charge in [0.25, 0.3) is 0 Å². The molecule has 0 amide bonds. The van der Waals surface area contributed by atoms with Crippen LogP contribution in [-0.2, 0) is 14.2 Å². The summed E-state index contributed by atoms with van der Waals surface area (Å²) >= 11 is 0. The van der Waals surface area contributed by atoms with Crippen molar-refractivity contribution in [1.29, 1.82) is 0 Å². The van der Waals surface area contributed by atoms with Crippen LogP contribution in [0, 0.1) is 0 Å². The van der Waals surface area contributed by atoms with Gasteiger partial charge in [-0.1, -0.05) is 13.3 Å². The van der Waals surface area contributed by atoms with Gasteiger partial charge in [-0.05, 0) is 20.3 Å². The van der Waals surface area contributed by atoms with Gasteiger partial charge in [0, 0.05) is 19.3 Å². The maximum atomic E-state index is 6.19. The minimum Gasteiger partial charge on any atom is -0.375 e. The molecule has 0 unspecified atom stereocenters. The molecular weight excluding hydrogens is 204 g/mol. The van der Waals surface area contributed by atoms with Gasteiger partial charge >= 0.3 is 0 Å². The molecule has 0 aromatic carbocycles. The van der Waals surface area contributed by atoms with Crippen LogP contribution in [0.5, 0.6) is 0 Å². The fraction of sp³-hybridized carbons (Fsp3) is 1.00. The van der Waals surface area contributed by atoms with E-state index in [9.17, 15) is 0 Å². The molecule has 0 aromatic heterocycles. The molecule has 2 rings (SSSR count). The zero-order valence-corrected chi connectivity index (χ0v) is 10.8. The first-order valence-electron chi connectivity index (χ1n) is 6.49. The largest absolute Gasteiger partial charge is 0.375 e. The van der Waals surface area contributed by atoms with Crippen LogP contribution in [0.1, 0.15) is 52.9 Å². The lowest BCUT2D eigenvalue weighted by atomic mass is 9.81. The third-order valence-corrected chi connectivity index (χ3v) is 3.57. The van der Waals surface area contributed by atoms with E-state index in [1.165, 1.54) is 0 Å². The van der Waals surface area contributed by atoms with Crippen LogP contribution < -0.4 is 0 Å². The number of hydrogen-bond acceptors (Lipinski definition) is 3. The Morgan fingerprint density at radius 2 is 1.94 bits per heavy atom. The summed E-state index contributed by atoms with van der Waals surface area (Å²) < 4.78 is 17.6. The quantitative estimate of drug-likeness (QED) is 0.727. The van der Waals surface area contributed by atoms with E-state index in [1.54, 1.807) is 0 Å². The van der Waals surface area contributed by atoms with E-state index in [2.05, 4.69) is 20.8 Å². The first kappa shape index (κ1) is 12.3. The van der Waals surface area contributed by atoms with Crippen LogP contribution in [0.3, 0.4) is 0 Å². The van der Waals surface area contributed by atoms with E-state index in [4.69, 9.17) is 14.2 Å². The molecule has 2 aliphatic heterocycles. The summed E-state index contributed by atoms with van der Waals surface area (Å²) in [5, 5.41) is 0. The molecule has 2 aliphatic rings. The lowest BCUT2D eigenvalue weighted by molar-refractivity contribution is -0.290. The molecular formula is C13H24O3. The summed E-state index contributed by atoms with van der Waals surface area (Å²) in [6, 6.07) is 0. The smallest absolute Gasteiger partial charge is 0.158 e. The van der Waals surface area contributed by atoms with Crippen molar-refractivity contribution in [1.82, 2.24) is 0 Å². The van der Waals surface area contributed by atoms with Gasteiger partial charge in [0.05, 0.1) is 24.4 Å². The molecule has 2 atom stereocenters. The van der Waals surface area contributed by atoms with Crippen molar-refractivity contribution in [3.63, 3.8) is 0 Å². The Morgan fingerprint density at radius 1 is 1.19 bits per heavy atom. The molecule has 16 heavy (non-hydrogen) atoms. The second-order valence-electron chi connectivity index (χ2n) is 5.67. The molecule has 2 fully saturated rings. The molecule has 0 saturated carbocycles. The van der Waals surface area contributed by atoms with Gasteiger partial charge in [-0.2, -0.15) is 0 Å².